The number of benzene rings is 1. The van der Waals surface area contributed by atoms with Crippen LogP contribution in [-0.2, 0) is 4.79 Å². The first-order chi connectivity index (χ1) is 22.5. The van der Waals surface area contributed by atoms with Gasteiger partial charge in [-0.2, -0.15) is 4.98 Å². The van der Waals surface area contributed by atoms with Crippen LogP contribution < -0.4 is 10.6 Å². The van der Waals surface area contributed by atoms with Gasteiger partial charge in [0.05, 0.1) is 19.5 Å². The lowest BCUT2D eigenvalue weighted by Gasteiger charge is -2.40. The molecule has 4 heterocycles. The Kier molecular flexibility index (Phi) is 6.33. The lowest BCUT2D eigenvalue weighted by atomic mass is 10.0. The maximum absolute atomic E-state index is 16.2. The molecule has 3 aromatic heterocycles. The number of rotatable bonds is 6. The van der Waals surface area contributed by atoms with E-state index >= 15 is 8.78 Å². The van der Waals surface area contributed by atoms with Gasteiger partial charge in [0, 0.05) is 41.5 Å². The van der Waals surface area contributed by atoms with Crippen LogP contribution in [0.1, 0.15) is 50.4 Å². The lowest BCUT2D eigenvalue weighted by Crippen LogP contribution is -2.54. The molecule has 0 unspecified atom stereocenters. The van der Waals surface area contributed by atoms with Crippen molar-refractivity contribution in [3.05, 3.63) is 94.4 Å². The molecule has 1 saturated heterocycles. The van der Waals surface area contributed by atoms with Crippen molar-refractivity contribution in [2.75, 3.05) is 24.5 Å². The van der Waals surface area contributed by atoms with Gasteiger partial charge in [0.1, 0.15) is 17.3 Å². The Hall–Kier alpha value is -4.80. The quantitative estimate of drug-likeness (QED) is 0.266. The van der Waals surface area contributed by atoms with Gasteiger partial charge in [0.15, 0.2) is 17.3 Å². The predicted octanol–water partition coefficient (Wildman–Crippen LogP) is 5.72. The lowest BCUT2D eigenvalue weighted by molar-refractivity contribution is -0.129. The fourth-order valence-electron chi connectivity index (χ4n) is 5.37. The van der Waals surface area contributed by atoms with Crippen molar-refractivity contribution in [1.82, 2.24) is 24.4 Å². The number of amides is 1. The van der Waals surface area contributed by atoms with Crippen LogP contribution in [0.2, 0.25) is 0 Å². The van der Waals surface area contributed by atoms with Crippen LogP contribution in [0.4, 0.5) is 19.0 Å². The molecule has 0 N–H and O–H groups in total. The molecule has 0 spiro atoms. The first-order valence-electron chi connectivity index (χ1n) is 16.0. The van der Waals surface area contributed by atoms with Gasteiger partial charge in [0.2, 0.25) is 0 Å². The van der Waals surface area contributed by atoms with Crippen LogP contribution in [0.25, 0.3) is 34.1 Å². The van der Waals surface area contributed by atoms with Crippen LogP contribution in [0, 0.1) is 18.5 Å². The third-order valence-electron chi connectivity index (χ3n) is 7.38. The number of nitrogens with zero attached hydrogens (tertiary/aromatic N) is 6. The Morgan fingerprint density at radius 1 is 1.21 bits per heavy atom. The van der Waals surface area contributed by atoms with Crippen LogP contribution in [0.15, 0.2) is 60.3 Å². The Balaban J connectivity index is 1.89. The molecular weight excluding hydrogens is 557 g/mol. The second-order valence-electron chi connectivity index (χ2n) is 10.5. The Morgan fingerprint density at radius 2 is 2.00 bits per heavy atom. The highest BCUT2D eigenvalue weighted by Crippen LogP contribution is 2.35. The van der Waals surface area contributed by atoms with E-state index in [9.17, 15) is 14.0 Å². The summed E-state index contributed by atoms with van der Waals surface area (Å²) in [6.45, 7) is 4.90. The standard InChI is InChI=1S/C32H31F3N6O2/c1-7-21-9-8-10-23(34)25(21)27-24(35)15-22-29(40-14-13-39(16-19(40)5)31(42)20(6)33)38-32(43)41(30(22)37-27)28-18(4)11-12-36-26(28)17(2)3/h7-12,15,17,19H,1,6,13-14,16H2,2-5H3/t19-/m0/s1/i1D2,4D3. The molecule has 11 heteroatoms. The van der Waals surface area contributed by atoms with E-state index in [1.807, 2.05) is 0 Å². The summed E-state index contributed by atoms with van der Waals surface area (Å²) in [5.74, 6) is -4.42. The van der Waals surface area contributed by atoms with E-state index < -0.39 is 60.1 Å². The minimum absolute atomic E-state index is 0.0127. The molecule has 1 fully saturated rings. The first kappa shape index (κ1) is 23.7. The van der Waals surface area contributed by atoms with Gasteiger partial charge in [-0.25, -0.2) is 27.5 Å². The molecule has 0 bridgehead atoms. The van der Waals surface area contributed by atoms with E-state index in [0.29, 0.717) is 0 Å². The highest BCUT2D eigenvalue weighted by molar-refractivity contribution is 5.92. The minimum atomic E-state index is -2.74. The number of carbonyl (C=O) groups is 1. The summed E-state index contributed by atoms with van der Waals surface area (Å²) in [5.41, 5.74) is -2.40. The van der Waals surface area contributed by atoms with E-state index in [4.69, 9.17) is 6.85 Å². The minimum Gasteiger partial charge on any atom is -0.350 e. The number of anilines is 1. The van der Waals surface area contributed by atoms with Gasteiger partial charge in [-0.05, 0) is 49.0 Å². The van der Waals surface area contributed by atoms with Crippen molar-refractivity contribution in [2.45, 2.75) is 39.6 Å². The van der Waals surface area contributed by atoms with Crippen molar-refractivity contribution >= 4 is 28.8 Å². The highest BCUT2D eigenvalue weighted by Gasteiger charge is 2.32. The second kappa shape index (κ2) is 11.5. The summed E-state index contributed by atoms with van der Waals surface area (Å²) < 4.78 is 86.2. The predicted molar refractivity (Wildman–Crippen MR) is 161 cm³/mol. The Bertz CT molecular complexity index is 2050. The summed E-state index contributed by atoms with van der Waals surface area (Å²) in [4.78, 5) is 42.4. The third kappa shape index (κ3) is 5.19. The van der Waals surface area contributed by atoms with Gasteiger partial charge >= 0.3 is 5.69 Å². The van der Waals surface area contributed by atoms with Crippen molar-refractivity contribution < 1.29 is 24.8 Å². The molecule has 1 atom stereocenters. The zero-order valence-corrected chi connectivity index (χ0v) is 23.7. The first-order valence-corrected chi connectivity index (χ1v) is 13.5. The number of carbonyl (C=O) groups excluding carboxylic acids is 1. The monoisotopic (exact) mass is 593 g/mol. The number of hydrogen-bond acceptors (Lipinski definition) is 6. The molecule has 1 aromatic carbocycles. The molecular formula is C32H31F3N6O2. The molecule has 0 radical (unpaired) electrons. The molecule has 4 aromatic rings. The SMILES string of the molecule is [2H]C([2H])=Cc1cccc(F)c1-c1nc2c(cc1F)c(N1CCN(C(=O)C(=C)F)C[C@@H]1C)nc(=O)n2-c1c(C([2H])([2H])[2H])ccnc1C(C)C. The van der Waals surface area contributed by atoms with E-state index in [1.165, 1.54) is 29.3 Å². The smallest absolute Gasteiger partial charge is 0.350 e. The summed E-state index contributed by atoms with van der Waals surface area (Å²) in [6, 6.07) is 5.43. The summed E-state index contributed by atoms with van der Waals surface area (Å²) in [6.07, 6.45) is 2.31. The summed E-state index contributed by atoms with van der Waals surface area (Å²) >= 11 is 0. The van der Waals surface area contributed by atoms with Crippen LogP contribution in [0.3, 0.4) is 0 Å². The van der Waals surface area contributed by atoms with Crippen molar-refractivity contribution in [3.63, 3.8) is 0 Å². The number of halogens is 3. The number of fused-ring (bicyclic) bond motifs is 1. The van der Waals surface area contributed by atoms with Gasteiger partial charge in [-0.1, -0.05) is 45.2 Å². The Morgan fingerprint density at radius 3 is 2.67 bits per heavy atom. The number of piperazine rings is 1. The maximum atomic E-state index is 16.2. The summed E-state index contributed by atoms with van der Waals surface area (Å²) in [7, 11) is 0. The average molecular weight is 594 g/mol. The van der Waals surface area contributed by atoms with E-state index in [0.717, 1.165) is 22.8 Å². The fourth-order valence-corrected chi connectivity index (χ4v) is 5.37. The largest absolute Gasteiger partial charge is 0.355 e. The third-order valence-corrected chi connectivity index (χ3v) is 7.38. The molecule has 8 nitrogen and oxygen atoms in total. The second-order valence-corrected chi connectivity index (χ2v) is 10.5. The number of aryl methyl sites for hydroxylation is 1. The van der Waals surface area contributed by atoms with Crippen molar-refractivity contribution in [2.24, 2.45) is 0 Å². The number of hydrogen-bond donors (Lipinski definition) is 0. The molecule has 1 aliphatic heterocycles. The van der Waals surface area contributed by atoms with E-state index in [-0.39, 0.29) is 64.6 Å². The molecule has 1 aliphatic rings. The highest BCUT2D eigenvalue weighted by atomic mass is 19.1. The molecule has 0 aliphatic carbocycles. The van der Waals surface area contributed by atoms with Gasteiger partial charge < -0.3 is 9.80 Å². The zero-order valence-electron chi connectivity index (χ0n) is 28.7. The van der Waals surface area contributed by atoms with Crippen LogP contribution in [-0.4, -0.2) is 56.0 Å². The molecule has 0 saturated carbocycles. The zero-order chi connectivity index (χ0) is 35.2. The maximum Gasteiger partial charge on any atom is 0.355 e. The number of pyridine rings is 2. The normalized spacial score (nSPS) is 17.2. The van der Waals surface area contributed by atoms with Gasteiger partial charge in [-0.15, -0.1) is 0 Å². The molecule has 43 heavy (non-hydrogen) atoms. The Labute approximate surface area is 253 Å². The topological polar surface area (TPSA) is 84.2 Å². The fraction of sp³-hybridized carbons (Fsp3) is 0.281. The van der Waals surface area contributed by atoms with Crippen LogP contribution >= 0.6 is 0 Å². The van der Waals surface area contributed by atoms with Gasteiger partial charge in [-0.3, -0.25) is 9.78 Å². The molecule has 1 amide bonds. The van der Waals surface area contributed by atoms with Crippen LogP contribution in [0.5, 0.6) is 0 Å². The van der Waals surface area contributed by atoms with Gasteiger partial charge in [0.25, 0.3) is 5.91 Å². The van der Waals surface area contributed by atoms with E-state index in [1.54, 1.807) is 25.7 Å². The van der Waals surface area contributed by atoms with E-state index in [2.05, 4.69) is 21.5 Å². The van der Waals surface area contributed by atoms with Crippen molar-refractivity contribution in [3.8, 4) is 16.9 Å². The van der Waals surface area contributed by atoms with Crippen molar-refractivity contribution in [1.29, 1.82) is 0 Å². The number of aromatic nitrogens is 4. The molecule has 222 valence electrons. The average Bonchev–Trinajstić information content (AvgIpc) is 2.99. The summed E-state index contributed by atoms with van der Waals surface area (Å²) in [5, 5.41) is -0.0393. The molecule has 5 rings (SSSR count).